The van der Waals surface area contributed by atoms with Gasteiger partial charge < -0.3 is 0 Å². The second-order valence-electron chi connectivity index (χ2n) is 5.41. The van der Waals surface area contributed by atoms with E-state index in [1.165, 1.54) is 5.57 Å². The summed E-state index contributed by atoms with van der Waals surface area (Å²) in [5.74, 6) is 0.153. The van der Waals surface area contributed by atoms with Crippen LogP contribution < -0.4 is 0 Å². The molecule has 0 saturated heterocycles. The van der Waals surface area contributed by atoms with Crippen LogP contribution in [0.2, 0.25) is 0 Å². The monoisotopic (exact) mass is 298 g/mol. The molecule has 2 aromatic carbocycles. The van der Waals surface area contributed by atoms with Crippen molar-refractivity contribution in [2.45, 2.75) is 0 Å². The Bertz CT molecular complexity index is 777. The van der Waals surface area contributed by atoms with Gasteiger partial charge in [-0.25, -0.2) is 0 Å². The van der Waals surface area contributed by atoms with Crippen molar-refractivity contribution in [1.82, 2.24) is 0 Å². The topological polar surface area (TPSA) is 17.1 Å². The highest BCUT2D eigenvalue weighted by atomic mass is 16.1. The Kier molecular flexibility index (Phi) is 4.80. The van der Waals surface area contributed by atoms with E-state index in [1.807, 2.05) is 66.8 Å². The minimum absolute atomic E-state index is 0.0348. The lowest BCUT2D eigenvalue weighted by molar-refractivity contribution is 0.104. The number of hydrogen-bond donors (Lipinski definition) is 0. The molecule has 112 valence electrons. The van der Waals surface area contributed by atoms with Crippen molar-refractivity contribution < 1.29 is 4.79 Å². The van der Waals surface area contributed by atoms with Crippen LogP contribution in [-0.2, 0) is 0 Å². The molecule has 0 N–H and O–H groups in total. The van der Waals surface area contributed by atoms with Crippen molar-refractivity contribution in [2.75, 3.05) is 0 Å². The number of carbonyl (C=O) groups is 1. The fourth-order valence-electron chi connectivity index (χ4n) is 2.52. The van der Waals surface area contributed by atoms with Crippen LogP contribution in [0, 0.1) is 5.92 Å². The van der Waals surface area contributed by atoms with E-state index >= 15 is 0 Å². The molecular weight excluding hydrogens is 280 g/mol. The molecule has 0 saturated carbocycles. The van der Waals surface area contributed by atoms with Crippen molar-refractivity contribution in [3.05, 3.63) is 114 Å². The van der Waals surface area contributed by atoms with Crippen LogP contribution in [-0.4, -0.2) is 5.78 Å². The molecule has 0 radical (unpaired) electrons. The average molecular weight is 298 g/mol. The quantitative estimate of drug-likeness (QED) is 0.556. The molecule has 0 aromatic heterocycles. The molecule has 0 aliphatic heterocycles. The number of allylic oxidation sites excluding steroid dienone is 7. The summed E-state index contributed by atoms with van der Waals surface area (Å²) < 4.78 is 0. The summed E-state index contributed by atoms with van der Waals surface area (Å²) in [7, 11) is 0. The molecule has 0 spiro atoms. The van der Waals surface area contributed by atoms with Gasteiger partial charge >= 0.3 is 0 Å². The first-order chi connectivity index (χ1) is 11.3. The number of hydrogen-bond acceptors (Lipinski definition) is 1. The minimum Gasteiger partial charge on any atom is -0.289 e. The van der Waals surface area contributed by atoms with Crippen molar-refractivity contribution in [3.63, 3.8) is 0 Å². The van der Waals surface area contributed by atoms with Gasteiger partial charge in [-0.2, -0.15) is 0 Å². The van der Waals surface area contributed by atoms with Crippen LogP contribution in [0.5, 0.6) is 0 Å². The van der Waals surface area contributed by atoms with E-state index in [-0.39, 0.29) is 11.7 Å². The molecule has 1 atom stereocenters. The maximum atomic E-state index is 12.2. The summed E-state index contributed by atoms with van der Waals surface area (Å²) in [5, 5.41) is 0. The summed E-state index contributed by atoms with van der Waals surface area (Å²) in [6.45, 7) is 0. The van der Waals surface area contributed by atoms with E-state index < -0.39 is 0 Å². The Morgan fingerprint density at radius 2 is 1.57 bits per heavy atom. The van der Waals surface area contributed by atoms with Gasteiger partial charge in [0.15, 0.2) is 5.78 Å². The second kappa shape index (κ2) is 7.37. The van der Waals surface area contributed by atoms with Gasteiger partial charge in [0.25, 0.3) is 0 Å². The van der Waals surface area contributed by atoms with Crippen molar-refractivity contribution in [1.29, 1.82) is 0 Å². The third-order valence-electron chi connectivity index (χ3n) is 3.75. The summed E-state index contributed by atoms with van der Waals surface area (Å²) >= 11 is 0. The molecule has 23 heavy (non-hydrogen) atoms. The van der Waals surface area contributed by atoms with Crippen LogP contribution in [0.4, 0.5) is 0 Å². The lowest BCUT2D eigenvalue weighted by Crippen LogP contribution is -2.00. The van der Waals surface area contributed by atoms with Crippen LogP contribution in [0.3, 0.4) is 0 Å². The number of ketones is 1. The maximum absolute atomic E-state index is 12.2. The molecule has 1 unspecified atom stereocenters. The van der Waals surface area contributed by atoms with E-state index in [4.69, 9.17) is 0 Å². The Morgan fingerprint density at radius 3 is 2.30 bits per heavy atom. The summed E-state index contributed by atoms with van der Waals surface area (Å²) in [6.07, 6.45) is 14.0. The predicted molar refractivity (Wildman–Crippen MR) is 96.1 cm³/mol. The Morgan fingerprint density at radius 1 is 0.870 bits per heavy atom. The molecule has 0 heterocycles. The standard InChI is InChI=1S/C22H18O/c23-22(20-12-5-2-6-13-20)16-15-19-11-7-8-14-21(19)17-18-9-3-1-4-10-18/h1-17,19H. The minimum atomic E-state index is 0.0348. The Labute approximate surface area is 137 Å². The van der Waals surface area contributed by atoms with Crippen molar-refractivity contribution >= 4 is 11.9 Å². The van der Waals surface area contributed by atoms with Gasteiger partial charge in [-0.3, -0.25) is 4.79 Å². The highest BCUT2D eigenvalue weighted by molar-refractivity contribution is 6.04. The fourth-order valence-corrected chi connectivity index (χ4v) is 2.52. The molecule has 3 rings (SSSR count). The molecule has 2 aromatic rings. The number of benzene rings is 2. The van der Waals surface area contributed by atoms with Crippen LogP contribution in [0.25, 0.3) is 6.08 Å². The largest absolute Gasteiger partial charge is 0.289 e. The summed E-state index contributed by atoms with van der Waals surface area (Å²) in [5.41, 5.74) is 3.05. The molecule has 0 fully saturated rings. The van der Waals surface area contributed by atoms with Crippen LogP contribution in [0.15, 0.2) is 103 Å². The van der Waals surface area contributed by atoms with Crippen molar-refractivity contribution in [3.8, 4) is 0 Å². The molecule has 1 nitrogen and oxygen atoms in total. The first-order valence-electron chi connectivity index (χ1n) is 7.72. The third kappa shape index (κ3) is 4.04. The maximum Gasteiger partial charge on any atom is 0.185 e. The zero-order valence-electron chi connectivity index (χ0n) is 12.8. The van der Waals surface area contributed by atoms with Gasteiger partial charge in [0.1, 0.15) is 0 Å². The van der Waals surface area contributed by atoms with E-state index in [0.717, 1.165) is 5.56 Å². The van der Waals surface area contributed by atoms with Crippen LogP contribution >= 0.6 is 0 Å². The number of rotatable bonds is 4. The number of carbonyl (C=O) groups excluding carboxylic acids is 1. The van der Waals surface area contributed by atoms with E-state index in [0.29, 0.717) is 5.56 Å². The zero-order valence-corrected chi connectivity index (χ0v) is 12.8. The Balaban J connectivity index is 1.79. The smallest absolute Gasteiger partial charge is 0.185 e. The van der Waals surface area contributed by atoms with Gasteiger partial charge in [0.05, 0.1) is 0 Å². The molecule has 1 aliphatic carbocycles. The first-order valence-corrected chi connectivity index (χ1v) is 7.72. The van der Waals surface area contributed by atoms with Gasteiger partial charge in [-0.1, -0.05) is 97.1 Å². The highest BCUT2D eigenvalue weighted by Crippen LogP contribution is 2.23. The fraction of sp³-hybridized carbons (Fsp3) is 0.0455. The normalized spacial score (nSPS) is 18.6. The molecule has 1 heteroatoms. The van der Waals surface area contributed by atoms with Gasteiger partial charge in [0.2, 0.25) is 0 Å². The highest BCUT2D eigenvalue weighted by Gasteiger charge is 2.09. The van der Waals surface area contributed by atoms with Crippen molar-refractivity contribution in [2.24, 2.45) is 5.92 Å². The molecular formula is C22H18O. The van der Waals surface area contributed by atoms with E-state index in [1.54, 1.807) is 6.08 Å². The molecule has 0 bridgehead atoms. The average Bonchev–Trinajstić information content (AvgIpc) is 2.62. The predicted octanol–water partition coefficient (Wildman–Crippen LogP) is 5.25. The molecule has 0 amide bonds. The first kappa shape index (κ1) is 15.0. The lowest BCUT2D eigenvalue weighted by atomic mass is 9.92. The van der Waals surface area contributed by atoms with Gasteiger partial charge in [-0.05, 0) is 17.2 Å². The van der Waals surface area contributed by atoms with Crippen LogP contribution in [0.1, 0.15) is 15.9 Å². The molecule has 1 aliphatic rings. The zero-order chi connectivity index (χ0) is 15.9. The summed E-state index contributed by atoms with van der Waals surface area (Å²) in [6, 6.07) is 19.6. The lowest BCUT2D eigenvalue weighted by Gasteiger charge is -2.13. The van der Waals surface area contributed by atoms with Gasteiger partial charge in [0, 0.05) is 11.5 Å². The Hall–Kier alpha value is -2.93. The SMILES string of the molecule is O=C(C=CC1C=CC=CC1=Cc1ccccc1)c1ccccc1. The van der Waals surface area contributed by atoms with E-state index in [2.05, 4.69) is 30.4 Å². The third-order valence-corrected chi connectivity index (χ3v) is 3.75. The summed E-state index contributed by atoms with van der Waals surface area (Å²) in [4.78, 5) is 12.2. The van der Waals surface area contributed by atoms with E-state index in [9.17, 15) is 4.79 Å². The van der Waals surface area contributed by atoms with Gasteiger partial charge in [-0.15, -0.1) is 0 Å². The second-order valence-corrected chi connectivity index (χ2v) is 5.41.